The third kappa shape index (κ3) is 7.19. The van der Waals surface area contributed by atoms with E-state index >= 15 is 0 Å². The maximum absolute atomic E-state index is 10.4. The van der Waals surface area contributed by atoms with Gasteiger partial charge in [0.15, 0.2) is 0 Å². The molecule has 1 heteroatoms. The highest BCUT2D eigenvalue weighted by molar-refractivity contribution is 5.75. The standard InChI is InChI=1S/C9H14O/c1-3-4-5-6-7-8-9(2)10/h3,5H,6-8H2,1-2H3. The number of rotatable bonds is 4. The number of carbonyl (C=O) groups is 1. The van der Waals surface area contributed by atoms with E-state index in [4.69, 9.17) is 0 Å². The Morgan fingerprint density at radius 2 is 2.30 bits per heavy atom. The third-order valence-electron chi connectivity index (χ3n) is 1.16. The first kappa shape index (κ1) is 9.19. The first-order valence-electron chi connectivity index (χ1n) is 3.62. The Balaban J connectivity index is 3.21. The highest BCUT2D eigenvalue weighted by atomic mass is 16.1. The number of carbonyl (C=O) groups excluding carboxylic acids is 1. The molecule has 0 amide bonds. The average Bonchev–Trinajstić information content (AvgIpc) is 1.87. The molecule has 10 heavy (non-hydrogen) atoms. The van der Waals surface area contributed by atoms with Crippen LogP contribution in [0.2, 0.25) is 0 Å². The molecule has 56 valence electrons. The van der Waals surface area contributed by atoms with Crippen LogP contribution < -0.4 is 0 Å². The first-order chi connectivity index (χ1) is 4.77. The summed E-state index contributed by atoms with van der Waals surface area (Å²) in [7, 11) is 0. The van der Waals surface area contributed by atoms with Crippen molar-refractivity contribution in [2.45, 2.75) is 33.1 Å². The van der Waals surface area contributed by atoms with Crippen LogP contribution in [-0.4, -0.2) is 5.78 Å². The normalized spacial score (nSPS) is 8.20. The fourth-order valence-corrected chi connectivity index (χ4v) is 0.654. The minimum atomic E-state index is 0.272. The Kier molecular flexibility index (Phi) is 5.80. The molecule has 0 aromatic heterocycles. The van der Waals surface area contributed by atoms with Crippen LogP contribution in [0, 0.1) is 0 Å². The molecule has 0 aliphatic heterocycles. The molecule has 0 N–H and O–H groups in total. The average molecular weight is 138 g/mol. The summed E-state index contributed by atoms with van der Waals surface area (Å²) in [6.45, 7) is 3.56. The molecule has 0 fully saturated rings. The van der Waals surface area contributed by atoms with Crippen molar-refractivity contribution in [1.82, 2.24) is 0 Å². The van der Waals surface area contributed by atoms with Crippen LogP contribution in [-0.2, 0) is 4.79 Å². The molecule has 0 bridgehead atoms. The van der Waals surface area contributed by atoms with Gasteiger partial charge < -0.3 is 4.79 Å². The van der Waals surface area contributed by atoms with Crippen molar-refractivity contribution in [3.63, 3.8) is 0 Å². The SMILES string of the molecule is CC=C=CCCCC(C)=O. The predicted molar refractivity (Wildman–Crippen MR) is 42.9 cm³/mol. The summed E-state index contributed by atoms with van der Waals surface area (Å²) < 4.78 is 0. The smallest absolute Gasteiger partial charge is 0.129 e. The fraction of sp³-hybridized carbons (Fsp3) is 0.556. The Morgan fingerprint density at radius 1 is 1.60 bits per heavy atom. The second-order valence-corrected chi connectivity index (χ2v) is 2.25. The number of ketones is 1. The zero-order valence-corrected chi connectivity index (χ0v) is 6.68. The van der Waals surface area contributed by atoms with Crippen LogP contribution in [0.25, 0.3) is 0 Å². The zero-order valence-electron chi connectivity index (χ0n) is 6.68. The first-order valence-corrected chi connectivity index (χ1v) is 3.62. The lowest BCUT2D eigenvalue weighted by Crippen LogP contribution is -1.87. The van der Waals surface area contributed by atoms with E-state index in [1.54, 1.807) is 6.92 Å². The van der Waals surface area contributed by atoms with Gasteiger partial charge >= 0.3 is 0 Å². The second kappa shape index (κ2) is 6.31. The highest BCUT2D eigenvalue weighted by Crippen LogP contribution is 1.95. The molecule has 0 atom stereocenters. The Bertz CT molecular complexity index is 150. The van der Waals surface area contributed by atoms with Gasteiger partial charge in [-0.3, -0.25) is 0 Å². The highest BCUT2D eigenvalue weighted by Gasteiger charge is 1.89. The molecule has 0 unspecified atom stereocenters. The molecule has 0 spiro atoms. The lowest BCUT2D eigenvalue weighted by atomic mass is 10.2. The number of unbranched alkanes of at least 4 members (excludes halogenated alkanes) is 1. The molecule has 0 aromatic rings. The minimum Gasteiger partial charge on any atom is -0.300 e. The van der Waals surface area contributed by atoms with Crippen molar-refractivity contribution in [1.29, 1.82) is 0 Å². The minimum absolute atomic E-state index is 0.272. The van der Waals surface area contributed by atoms with Gasteiger partial charge in [-0.15, -0.1) is 5.73 Å². The number of allylic oxidation sites excluding steroid dienone is 1. The third-order valence-corrected chi connectivity index (χ3v) is 1.16. The van der Waals surface area contributed by atoms with E-state index in [1.165, 1.54) is 0 Å². The van der Waals surface area contributed by atoms with Crippen LogP contribution >= 0.6 is 0 Å². The van der Waals surface area contributed by atoms with E-state index in [2.05, 4.69) is 5.73 Å². The fourth-order valence-electron chi connectivity index (χ4n) is 0.654. The Hall–Kier alpha value is -0.810. The molecular formula is C9H14O. The summed E-state index contributed by atoms with van der Waals surface area (Å²) >= 11 is 0. The van der Waals surface area contributed by atoms with Crippen LogP contribution in [0.3, 0.4) is 0 Å². The maximum Gasteiger partial charge on any atom is 0.129 e. The quantitative estimate of drug-likeness (QED) is 0.431. The molecule has 0 saturated carbocycles. The molecule has 0 saturated heterocycles. The van der Waals surface area contributed by atoms with Crippen LogP contribution in [0.5, 0.6) is 0 Å². The van der Waals surface area contributed by atoms with Gasteiger partial charge in [0.2, 0.25) is 0 Å². The van der Waals surface area contributed by atoms with Gasteiger partial charge in [0, 0.05) is 6.42 Å². The summed E-state index contributed by atoms with van der Waals surface area (Å²) in [5.41, 5.74) is 2.96. The molecular weight excluding hydrogens is 124 g/mol. The monoisotopic (exact) mass is 138 g/mol. The van der Waals surface area contributed by atoms with Gasteiger partial charge in [0.1, 0.15) is 5.78 Å². The predicted octanol–water partition coefficient (Wildman–Crippen LogP) is 2.48. The topological polar surface area (TPSA) is 17.1 Å². The van der Waals surface area contributed by atoms with Gasteiger partial charge in [0.05, 0.1) is 0 Å². The summed E-state index contributed by atoms with van der Waals surface area (Å²) in [6, 6.07) is 0. The number of Topliss-reactive ketones (excluding diaryl/α,β-unsaturated/α-hetero) is 1. The van der Waals surface area contributed by atoms with E-state index < -0.39 is 0 Å². The van der Waals surface area contributed by atoms with Crippen molar-refractivity contribution < 1.29 is 4.79 Å². The van der Waals surface area contributed by atoms with E-state index in [0.29, 0.717) is 6.42 Å². The largest absolute Gasteiger partial charge is 0.300 e. The van der Waals surface area contributed by atoms with E-state index in [9.17, 15) is 4.79 Å². The lowest BCUT2D eigenvalue weighted by molar-refractivity contribution is -0.117. The van der Waals surface area contributed by atoms with Gasteiger partial charge in [0.25, 0.3) is 0 Å². The van der Waals surface area contributed by atoms with E-state index in [-0.39, 0.29) is 5.78 Å². The second-order valence-electron chi connectivity index (χ2n) is 2.25. The van der Waals surface area contributed by atoms with Crippen LogP contribution in [0.1, 0.15) is 33.1 Å². The number of hydrogen-bond donors (Lipinski definition) is 0. The van der Waals surface area contributed by atoms with Crippen LogP contribution in [0.15, 0.2) is 17.9 Å². The van der Waals surface area contributed by atoms with Crippen molar-refractivity contribution in [2.75, 3.05) is 0 Å². The molecule has 0 heterocycles. The maximum atomic E-state index is 10.4. The molecule has 0 rings (SSSR count). The van der Waals surface area contributed by atoms with Crippen molar-refractivity contribution in [3.8, 4) is 0 Å². The summed E-state index contributed by atoms with van der Waals surface area (Å²) in [5, 5.41) is 0. The van der Waals surface area contributed by atoms with Gasteiger partial charge in [-0.05, 0) is 38.8 Å². The Morgan fingerprint density at radius 3 is 2.80 bits per heavy atom. The van der Waals surface area contributed by atoms with Gasteiger partial charge in [-0.25, -0.2) is 0 Å². The summed E-state index contributed by atoms with van der Waals surface area (Å²) in [5.74, 6) is 0.272. The molecule has 0 aliphatic rings. The van der Waals surface area contributed by atoms with Crippen molar-refractivity contribution >= 4 is 5.78 Å². The van der Waals surface area contributed by atoms with Crippen LogP contribution in [0.4, 0.5) is 0 Å². The zero-order chi connectivity index (χ0) is 7.82. The van der Waals surface area contributed by atoms with Crippen molar-refractivity contribution in [3.05, 3.63) is 17.9 Å². The summed E-state index contributed by atoms with van der Waals surface area (Å²) in [6.07, 6.45) is 6.44. The Labute approximate surface area is 62.4 Å². The van der Waals surface area contributed by atoms with Gasteiger partial charge in [-0.1, -0.05) is 0 Å². The molecule has 1 nitrogen and oxygen atoms in total. The number of hydrogen-bond acceptors (Lipinski definition) is 1. The molecule has 0 aromatic carbocycles. The van der Waals surface area contributed by atoms with Crippen molar-refractivity contribution in [2.24, 2.45) is 0 Å². The molecule has 0 aliphatic carbocycles. The summed E-state index contributed by atoms with van der Waals surface area (Å²) in [4.78, 5) is 10.4. The van der Waals surface area contributed by atoms with Gasteiger partial charge in [-0.2, -0.15) is 0 Å². The lowest BCUT2D eigenvalue weighted by Gasteiger charge is -1.88. The molecule has 0 radical (unpaired) electrons. The van der Waals surface area contributed by atoms with E-state index in [1.807, 2.05) is 19.1 Å². The van der Waals surface area contributed by atoms with E-state index in [0.717, 1.165) is 12.8 Å².